The molecular weight excluding hydrogens is 254 g/mol. The summed E-state index contributed by atoms with van der Waals surface area (Å²) in [6.45, 7) is 4.04. The third kappa shape index (κ3) is 3.09. The number of carbonyl (C=O) groups is 1. The van der Waals surface area contributed by atoms with E-state index in [2.05, 4.69) is 0 Å². The van der Waals surface area contributed by atoms with Crippen LogP contribution in [0.15, 0.2) is 36.4 Å². The van der Waals surface area contributed by atoms with E-state index in [-0.39, 0.29) is 6.42 Å². The average Bonchev–Trinajstić information content (AvgIpc) is 2.38. The molecular formula is C16H17NO3. The molecule has 0 spiro atoms. The number of carboxylic acid groups (broad SMARTS) is 1. The van der Waals surface area contributed by atoms with Crippen molar-refractivity contribution in [3.8, 4) is 11.5 Å². The van der Waals surface area contributed by atoms with E-state index in [1.54, 1.807) is 18.2 Å². The van der Waals surface area contributed by atoms with Crippen LogP contribution < -0.4 is 10.5 Å². The average molecular weight is 271 g/mol. The van der Waals surface area contributed by atoms with E-state index in [0.717, 1.165) is 5.56 Å². The minimum absolute atomic E-state index is 0.115. The number of para-hydroxylation sites is 1. The van der Waals surface area contributed by atoms with Crippen LogP contribution >= 0.6 is 0 Å². The number of aryl methyl sites for hydroxylation is 2. The summed E-state index contributed by atoms with van der Waals surface area (Å²) in [6, 6.07) is 10.9. The molecule has 0 heterocycles. The van der Waals surface area contributed by atoms with E-state index in [0.29, 0.717) is 22.7 Å². The molecule has 0 unspecified atom stereocenters. The van der Waals surface area contributed by atoms with Crippen molar-refractivity contribution < 1.29 is 14.6 Å². The molecule has 0 atom stereocenters. The van der Waals surface area contributed by atoms with Crippen LogP contribution in [0, 0.1) is 13.8 Å². The fourth-order valence-electron chi connectivity index (χ4n) is 1.90. The SMILES string of the molecule is Cc1ccc(Oc2cccc(CC(=O)O)c2N)cc1C. The predicted molar refractivity (Wildman–Crippen MR) is 78.2 cm³/mol. The number of ether oxygens (including phenoxy) is 1. The van der Waals surface area contributed by atoms with Gasteiger partial charge >= 0.3 is 5.97 Å². The Morgan fingerprint density at radius 3 is 2.60 bits per heavy atom. The Bertz CT molecular complexity index is 650. The van der Waals surface area contributed by atoms with Gasteiger partial charge in [0, 0.05) is 0 Å². The Morgan fingerprint density at radius 1 is 1.20 bits per heavy atom. The molecule has 0 saturated carbocycles. The monoisotopic (exact) mass is 271 g/mol. The van der Waals surface area contributed by atoms with E-state index < -0.39 is 5.97 Å². The molecule has 0 aliphatic carbocycles. The molecule has 0 radical (unpaired) electrons. The van der Waals surface area contributed by atoms with E-state index in [1.807, 2.05) is 32.0 Å². The Morgan fingerprint density at radius 2 is 1.95 bits per heavy atom. The normalized spacial score (nSPS) is 10.3. The Labute approximate surface area is 117 Å². The smallest absolute Gasteiger partial charge is 0.307 e. The molecule has 104 valence electrons. The summed E-state index contributed by atoms with van der Waals surface area (Å²) in [6.07, 6.45) is -0.115. The van der Waals surface area contributed by atoms with Crippen molar-refractivity contribution in [3.05, 3.63) is 53.1 Å². The van der Waals surface area contributed by atoms with Gasteiger partial charge in [0.1, 0.15) is 5.75 Å². The highest BCUT2D eigenvalue weighted by Crippen LogP contribution is 2.31. The van der Waals surface area contributed by atoms with Gasteiger partial charge in [-0.15, -0.1) is 0 Å². The fourth-order valence-corrected chi connectivity index (χ4v) is 1.90. The second-order valence-corrected chi connectivity index (χ2v) is 4.75. The molecule has 0 aromatic heterocycles. The lowest BCUT2D eigenvalue weighted by molar-refractivity contribution is -0.136. The van der Waals surface area contributed by atoms with Crippen LogP contribution in [0.25, 0.3) is 0 Å². The van der Waals surface area contributed by atoms with Crippen LogP contribution in [-0.4, -0.2) is 11.1 Å². The largest absolute Gasteiger partial charge is 0.481 e. The van der Waals surface area contributed by atoms with E-state index in [1.165, 1.54) is 5.56 Å². The molecule has 0 bridgehead atoms. The number of nitrogens with two attached hydrogens (primary N) is 1. The second kappa shape index (κ2) is 5.65. The van der Waals surface area contributed by atoms with Crippen LogP contribution in [0.4, 0.5) is 5.69 Å². The lowest BCUT2D eigenvalue weighted by Gasteiger charge is -2.12. The van der Waals surface area contributed by atoms with Gasteiger partial charge in [-0.1, -0.05) is 18.2 Å². The number of aliphatic carboxylic acids is 1. The molecule has 2 aromatic rings. The number of nitrogen functional groups attached to an aromatic ring is 1. The molecule has 4 heteroatoms. The van der Waals surface area contributed by atoms with Gasteiger partial charge in [-0.25, -0.2) is 0 Å². The van der Waals surface area contributed by atoms with Gasteiger partial charge in [-0.05, 0) is 48.7 Å². The first-order valence-corrected chi connectivity index (χ1v) is 6.31. The van der Waals surface area contributed by atoms with Gasteiger partial charge in [0.15, 0.2) is 5.75 Å². The molecule has 0 saturated heterocycles. The van der Waals surface area contributed by atoms with Crippen molar-refractivity contribution in [2.75, 3.05) is 5.73 Å². The van der Waals surface area contributed by atoms with Crippen molar-refractivity contribution in [3.63, 3.8) is 0 Å². The maximum Gasteiger partial charge on any atom is 0.307 e. The van der Waals surface area contributed by atoms with Gasteiger partial charge in [0.25, 0.3) is 0 Å². The summed E-state index contributed by atoms with van der Waals surface area (Å²) < 4.78 is 5.75. The highest BCUT2D eigenvalue weighted by molar-refractivity contribution is 5.74. The minimum atomic E-state index is -0.917. The summed E-state index contributed by atoms with van der Waals surface area (Å²) >= 11 is 0. The number of rotatable bonds is 4. The molecule has 2 aromatic carbocycles. The quantitative estimate of drug-likeness (QED) is 0.837. The third-order valence-corrected chi connectivity index (χ3v) is 3.20. The number of benzene rings is 2. The molecule has 2 rings (SSSR count). The Hall–Kier alpha value is -2.49. The van der Waals surface area contributed by atoms with E-state index in [4.69, 9.17) is 15.6 Å². The van der Waals surface area contributed by atoms with E-state index >= 15 is 0 Å². The molecule has 3 N–H and O–H groups in total. The number of hydrogen-bond donors (Lipinski definition) is 2. The Kier molecular flexibility index (Phi) is 3.94. The number of anilines is 1. The molecule has 4 nitrogen and oxygen atoms in total. The molecule has 20 heavy (non-hydrogen) atoms. The first kappa shape index (κ1) is 13.9. The van der Waals surface area contributed by atoms with Crippen LogP contribution in [0.3, 0.4) is 0 Å². The summed E-state index contributed by atoms with van der Waals surface area (Å²) in [5.41, 5.74) is 9.19. The third-order valence-electron chi connectivity index (χ3n) is 3.20. The lowest BCUT2D eigenvalue weighted by atomic mass is 10.1. The van der Waals surface area contributed by atoms with Gasteiger partial charge in [0.05, 0.1) is 12.1 Å². The molecule has 0 aliphatic rings. The second-order valence-electron chi connectivity index (χ2n) is 4.75. The number of carboxylic acids is 1. The number of hydrogen-bond acceptors (Lipinski definition) is 3. The zero-order chi connectivity index (χ0) is 14.7. The maximum atomic E-state index is 10.8. The fraction of sp³-hybridized carbons (Fsp3) is 0.188. The first-order valence-electron chi connectivity index (χ1n) is 6.31. The van der Waals surface area contributed by atoms with Crippen molar-refractivity contribution >= 4 is 11.7 Å². The van der Waals surface area contributed by atoms with Crippen molar-refractivity contribution in [2.45, 2.75) is 20.3 Å². The van der Waals surface area contributed by atoms with Gasteiger partial charge < -0.3 is 15.6 Å². The molecule has 0 aliphatic heterocycles. The zero-order valence-corrected chi connectivity index (χ0v) is 11.5. The van der Waals surface area contributed by atoms with Crippen LogP contribution in [0.5, 0.6) is 11.5 Å². The topological polar surface area (TPSA) is 72.5 Å². The lowest BCUT2D eigenvalue weighted by Crippen LogP contribution is -2.04. The summed E-state index contributed by atoms with van der Waals surface area (Å²) in [7, 11) is 0. The van der Waals surface area contributed by atoms with Crippen molar-refractivity contribution in [1.82, 2.24) is 0 Å². The maximum absolute atomic E-state index is 10.8. The highest BCUT2D eigenvalue weighted by atomic mass is 16.5. The standard InChI is InChI=1S/C16H17NO3/c1-10-6-7-13(8-11(10)2)20-14-5-3-4-12(16(14)17)9-15(18)19/h3-8H,9,17H2,1-2H3,(H,18,19). The molecule has 0 fully saturated rings. The summed E-state index contributed by atoms with van der Waals surface area (Å²) in [5, 5.41) is 8.84. The van der Waals surface area contributed by atoms with Gasteiger partial charge in [0.2, 0.25) is 0 Å². The van der Waals surface area contributed by atoms with Crippen LogP contribution in [0.2, 0.25) is 0 Å². The van der Waals surface area contributed by atoms with Gasteiger partial charge in [-0.2, -0.15) is 0 Å². The summed E-state index contributed by atoms with van der Waals surface area (Å²) in [5.74, 6) is 0.249. The first-order chi connectivity index (χ1) is 9.47. The molecule has 0 amide bonds. The zero-order valence-electron chi connectivity index (χ0n) is 11.5. The van der Waals surface area contributed by atoms with Crippen LogP contribution in [-0.2, 0) is 11.2 Å². The summed E-state index contributed by atoms with van der Waals surface area (Å²) in [4.78, 5) is 10.8. The Balaban J connectivity index is 2.29. The van der Waals surface area contributed by atoms with Crippen molar-refractivity contribution in [1.29, 1.82) is 0 Å². The van der Waals surface area contributed by atoms with Crippen LogP contribution in [0.1, 0.15) is 16.7 Å². The minimum Gasteiger partial charge on any atom is -0.481 e. The van der Waals surface area contributed by atoms with Crippen molar-refractivity contribution in [2.24, 2.45) is 0 Å². The highest BCUT2D eigenvalue weighted by Gasteiger charge is 2.10. The predicted octanol–water partition coefficient (Wildman–Crippen LogP) is 3.31. The van der Waals surface area contributed by atoms with E-state index in [9.17, 15) is 4.79 Å². The van der Waals surface area contributed by atoms with Gasteiger partial charge in [-0.3, -0.25) is 4.79 Å².